The van der Waals surface area contributed by atoms with Gasteiger partial charge in [-0.2, -0.15) is 0 Å². The minimum absolute atomic E-state index is 0.116. The van der Waals surface area contributed by atoms with Gasteiger partial charge in [0.25, 0.3) is 5.69 Å². The van der Waals surface area contributed by atoms with E-state index in [1.165, 1.54) is 18.2 Å². The number of fused-ring (bicyclic) bond motifs is 4. The maximum Gasteiger partial charge on any atom is 0.273 e. The van der Waals surface area contributed by atoms with Gasteiger partial charge >= 0.3 is 0 Å². The van der Waals surface area contributed by atoms with Gasteiger partial charge in [0.05, 0.1) is 11.0 Å². The van der Waals surface area contributed by atoms with E-state index in [1.807, 2.05) is 12.1 Å². The zero-order valence-electron chi connectivity index (χ0n) is 13.3. The van der Waals surface area contributed by atoms with Crippen LogP contribution in [-0.4, -0.2) is 4.92 Å². The molecule has 0 fully saturated rings. The van der Waals surface area contributed by atoms with Gasteiger partial charge in [-0.3, -0.25) is 10.1 Å². The number of hydrogen-bond donors (Lipinski definition) is 0. The first kappa shape index (κ1) is 16.0. The Kier molecular flexibility index (Phi) is 3.37. The van der Waals surface area contributed by atoms with Crippen molar-refractivity contribution in [3.63, 3.8) is 0 Å². The molecule has 0 bridgehead atoms. The van der Waals surface area contributed by atoms with Gasteiger partial charge in [0, 0.05) is 6.07 Å². The Morgan fingerprint density at radius 1 is 0.852 bits per heavy atom. The maximum atomic E-state index is 11.0. The fraction of sp³-hybridized carbons (Fsp3) is 0. The average Bonchev–Trinajstić information content (AvgIpc) is 2.69. The monoisotopic (exact) mass is 399 g/mol. The molecule has 3 aromatic carbocycles. The standard InChI is InChI=1S/C18H7Cl2N3O4/c19-13-16-18(27-12-7-8(23(24)25)5-6-10(12)22-16)14(20)15-17(13)26-11-4-2-1-3-9(11)21-15/h1-7H. The van der Waals surface area contributed by atoms with Crippen molar-refractivity contribution in [1.82, 2.24) is 0 Å². The molecule has 0 aromatic heterocycles. The lowest BCUT2D eigenvalue weighted by Crippen LogP contribution is -2.22. The highest BCUT2D eigenvalue weighted by atomic mass is 35.5. The van der Waals surface area contributed by atoms with Crippen molar-refractivity contribution in [2.45, 2.75) is 0 Å². The molecule has 0 saturated heterocycles. The van der Waals surface area contributed by atoms with Crippen LogP contribution in [-0.2, 0) is 0 Å². The summed E-state index contributed by atoms with van der Waals surface area (Å²) in [5, 5.41) is 12.0. The Bertz CT molecular complexity index is 1290. The number of nitro benzene ring substituents is 1. The molecule has 2 heterocycles. The van der Waals surface area contributed by atoms with Gasteiger partial charge < -0.3 is 9.47 Å². The SMILES string of the molecule is O=[N+]([O-])c1ccc2c(c1)Oc1c(Cl)c3c(c(Cl)c1=N2)Oc1ccccc1N=3. The van der Waals surface area contributed by atoms with E-state index in [9.17, 15) is 10.1 Å². The van der Waals surface area contributed by atoms with Gasteiger partial charge in [-0.15, -0.1) is 0 Å². The Labute approximate surface area is 161 Å². The lowest BCUT2D eigenvalue weighted by atomic mass is 10.2. The van der Waals surface area contributed by atoms with Crippen LogP contribution in [0.1, 0.15) is 0 Å². The number of halogens is 2. The third-order valence-corrected chi connectivity index (χ3v) is 4.85. The number of ether oxygens (including phenoxy) is 2. The van der Waals surface area contributed by atoms with Crippen molar-refractivity contribution < 1.29 is 14.4 Å². The van der Waals surface area contributed by atoms with Gasteiger partial charge in [-0.25, -0.2) is 9.98 Å². The number of nitrogens with zero attached hydrogens (tertiary/aromatic N) is 3. The van der Waals surface area contributed by atoms with Gasteiger partial charge in [-0.1, -0.05) is 35.3 Å². The van der Waals surface area contributed by atoms with Gasteiger partial charge in [0.15, 0.2) is 23.0 Å². The first-order valence-electron chi connectivity index (χ1n) is 7.74. The molecule has 2 aliphatic rings. The third kappa shape index (κ3) is 2.36. The second-order valence-corrected chi connectivity index (χ2v) is 6.54. The lowest BCUT2D eigenvalue weighted by Gasteiger charge is -2.20. The molecule has 0 aliphatic carbocycles. The summed E-state index contributed by atoms with van der Waals surface area (Å²) in [7, 11) is 0. The topological polar surface area (TPSA) is 86.3 Å². The van der Waals surface area contributed by atoms with Crippen molar-refractivity contribution in [3.05, 3.63) is 73.3 Å². The van der Waals surface area contributed by atoms with Gasteiger partial charge in [0.2, 0.25) is 0 Å². The summed E-state index contributed by atoms with van der Waals surface area (Å²) < 4.78 is 11.7. The van der Waals surface area contributed by atoms with E-state index in [1.54, 1.807) is 12.1 Å². The normalized spacial score (nSPS) is 12.8. The van der Waals surface area contributed by atoms with Crippen molar-refractivity contribution in [2.75, 3.05) is 0 Å². The summed E-state index contributed by atoms with van der Waals surface area (Å²) in [5.41, 5.74) is 0.889. The molecule has 0 atom stereocenters. The second kappa shape index (κ2) is 5.67. The number of rotatable bonds is 1. The summed E-state index contributed by atoms with van der Waals surface area (Å²) in [5.74, 6) is 1.24. The van der Waals surface area contributed by atoms with E-state index >= 15 is 0 Å². The van der Waals surface area contributed by atoms with E-state index in [-0.39, 0.29) is 38.3 Å². The molecule has 132 valence electrons. The van der Waals surface area contributed by atoms with Crippen LogP contribution in [0.5, 0.6) is 23.0 Å². The molecule has 7 nitrogen and oxygen atoms in total. The van der Waals surface area contributed by atoms with Crippen LogP contribution in [0.4, 0.5) is 17.1 Å². The van der Waals surface area contributed by atoms with E-state index in [2.05, 4.69) is 9.98 Å². The maximum absolute atomic E-state index is 11.0. The largest absolute Gasteiger partial charge is 0.451 e. The molecular weight excluding hydrogens is 393 g/mol. The van der Waals surface area contributed by atoms with Gasteiger partial charge in [-0.05, 0) is 18.2 Å². The highest BCUT2D eigenvalue weighted by molar-refractivity contribution is 6.35. The lowest BCUT2D eigenvalue weighted by molar-refractivity contribution is -0.384. The van der Waals surface area contributed by atoms with E-state index in [4.69, 9.17) is 32.7 Å². The minimum Gasteiger partial charge on any atom is -0.451 e. The van der Waals surface area contributed by atoms with Gasteiger partial charge in [0.1, 0.15) is 32.1 Å². The summed E-state index contributed by atoms with van der Waals surface area (Å²) in [6, 6.07) is 11.3. The summed E-state index contributed by atoms with van der Waals surface area (Å²) >= 11 is 13.0. The second-order valence-electron chi connectivity index (χ2n) is 5.79. The summed E-state index contributed by atoms with van der Waals surface area (Å²) in [4.78, 5) is 19.4. The molecule has 0 saturated carbocycles. The van der Waals surface area contributed by atoms with E-state index in [0.717, 1.165) is 0 Å². The number of benzene rings is 3. The van der Waals surface area contributed by atoms with Crippen molar-refractivity contribution in [2.24, 2.45) is 9.98 Å². The van der Waals surface area contributed by atoms with Crippen LogP contribution in [0.25, 0.3) is 0 Å². The smallest absolute Gasteiger partial charge is 0.273 e. The quantitative estimate of drug-likeness (QED) is 0.292. The van der Waals surface area contributed by atoms with E-state index in [0.29, 0.717) is 22.5 Å². The molecule has 3 aromatic rings. The molecule has 0 radical (unpaired) electrons. The van der Waals surface area contributed by atoms with Crippen LogP contribution >= 0.6 is 23.2 Å². The summed E-state index contributed by atoms with van der Waals surface area (Å²) in [6.45, 7) is 0. The number of hydrogen-bond acceptors (Lipinski definition) is 6. The highest BCUT2D eigenvalue weighted by Gasteiger charge is 2.27. The number of non-ortho nitro benzene ring substituents is 1. The molecule has 5 rings (SSSR count). The summed E-state index contributed by atoms with van der Waals surface area (Å²) in [6.07, 6.45) is 0. The Balaban J connectivity index is 1.79. The number of nitro groups is 1. The predicted molar refractivity (Wildman–Crippen MR) is 97.8 cm³/mol. The Morgan fingerprint density at radius 2 is 1.44 bits per heavy atom. The van der Waals surface area contributed by atoms with Crippen LogP contribution in [0.15, 0.2) is 52.4 Å². The third-order valence-electron chi connectivity index (χ3n) is 4.15. The molecule has 27 heavy (non-hydrogen) atoms. The zero-order chi connectivity index (χ0) is 18.7. The molecule has 0 amide bonds. The molecular formula is C18H7Cl2N3O4. The first-order chi connectivity index (χ1) is 13.0. The zero-order valence-corrected chi connectivity index (χ0v) is 14.8. The molecule has 2 aliphatic heterocycles. The highest BCUT2D eigenvalue weighted by Crippen LogP contribution is 2.43. The molecule has 9 heteroatoms. The molecule has 0 N–H and O–H groups in total. The van der Waals surface area contributed by atoms with Crippen molar-refractivity contribution in [3.8, 4) is 23.0 Å². The number of para-hydroxylation sites is 2. The predicted octanol–water partition coefficient (Wildman–Crippen LogP) is 5.02. The first-order valence-corrected chi connectivity index (χ1v) is 8.50. The molecule has 0 unspecified atom stereocenters. The minimum atomic E-state index is -0.513. The van der Waals surface area contributed by atoms with Crippen molar-refractivity contribution >= 4 is 40.3 Å². The Hall–Kier alpha value is -3.16. The van der Waals surface area contributed by atoms with Crippen molar-refractivity contribution in [1.29, 1.82) is 0 Å². The fourth-order valence-corrected chi connectivity index (χ4v) is 3.41. The van der Waals surface area contributed by atoms with Crippen LogP contribution in [0.2, 0.25) is 10.0 Å². The van der Waals surface area contributed by atoms with E-state index < -0.39 is 4.92 Å². The van der Waals surface area contributed by atoms with Crippen LogP contribution < -0.4 is 20.2 Å². The van der Waals surface area contributed by atoms with Crippen LogP contribution in [0.3, 0.4) is 0 Å². The molecule has 0 spiro atoms. The average molecular weight is 400 g/mol. The van der Waals surface area contributed by atoms with Crippen LogP contribution in [0, 0.1) is 10.1 Å². The Morgan fingerprint density at radius 3 is 2.11 bits per heavy atom. The fourth-order valence-electron chi connectivity index (χ4n) is 2.90.